The Bertz CT molecular complexity index is 426. The number of H-pyrrole nitrogens is 1. The van der Waals surface area contributed by atoms with Gasteiger partial charge in [-0.05, 0) is 16.5 Å². The highest BCUT2D eigenvalue weighted by Crippen LogP contribution is 2.20. The molecule has 0 aliphatic heterocycles. The van der Waals surface area contributed by atoms with Crippen LogP contribution < -0.4 is 10.5 Å². The predicted octanol–water partition coefficient (Wildman–Crippen LogP) is -0.148. The molecule has 2 rings (SSSR count). The van der Waals surface area contributed by atoms with Crippen LogP contribution in [0.5, 0.6) is 5.88 Å². The van der Waals surface area contributed by atoms with Gasteiger partial charge in [0.1, 0.15) is 5.82 Å². The monoisotopic (exact) mass is 192 g/mol. The first kappa shape index (κ1) is 8.42. The molecule has 7 nitrogen and oxygen atoms in total. The predicted molar refractivity (Wildman–Crippen MR) is 48.4 cm³/mol. The molecule has 2 heterocycles. The lowest BCUT2D eigenvalue weighted by Gasteiger charge is -2.02. The van der Waals surface area contributed by atoms with E-state index in [4.69, 9.17) is 10.5 Å². The Hall–Kier alpha value is -2.18. The molecule has 0 aromatic carbocycles. The number of pyridine rings is 1. The van der Waals surface area contributed by atoms with Crippen molar-refractivity contribution in [3.8, 4) is 17.3 Å². The van der Waals surface area contributed by atoms with Crippen LogP contribution >= 0.6 is 0 Å². The van der Waals surface area contributed by atoms with Gasteiger partial charge in [-0.15, -0.1) is 5.10 Å². The van der Waals surface area contributed by atoms with Gasteiger partial charge in [-0.1, -0.05) is 0 Å². The molecule has 0 aliphatic rings. The number of nitrogens with two attached hydrogens (primary N) is 1. The molecular weight excluding hydrogens is 184 g/mol. The first-order chi connectivity index (χ1) is 6.79. The molecule has 0 radical (unpaired) electrons. The van der Waals surface area contributed by atoms with Crippen molar-refractivity contribution in [1.29, 1.82) is 0 Å². The maximum absolute atomic E-state index is 5.57. The third-order valence-electron chi connectivity index (χ3n) is 1.65. The second-order valence-electron chi connectivity index (χ2n) is 2.57. The average molecular weight is 192 g/mol. The maximum Gasteiger partial charge on any atom is 0.215 e. The summed E-state index contributed by atoms with van der Waals surface area (Å²) in [5, 5.41) is 13.3. The number of aromatic nitrogens is 5. The van der Waals surface area contributed by atoms with Crippen molar-refractivity contribution in [2.24, 2.45) is 0 Å². The van der Waals surface area contributed by atoms with E-state index in [2.05, 4.69) is 25.6 Å². The summed E-state index contributed by atoms with van der Waals surface area (Å²) in [7, 11) is 1.52. The summed E-state index contributed by atoms with van der Waals surface area (Å²) in [6, 6.07) is 3.35. The molecule has 14 heavy (non-hydrogen) atoms. The first-order valence-electron chi connectivity index (χ1n) is 3.85. The number of tetrazole rings is 1. The third kappa shape index (κ3) is 1.47. The largest absolute Gasteiger partial charge is 0.481 e. The van der Waals surface area contributed by atoms with Gasteiger partial charge in [0.25, 0.3) is 0 Å². The van der Waals surface area contributed by atoms with E-state index < -0.39 is 0 Å². The number of rotatable bonds is 2. The fourth-order valence-corrected chi connectivity index (χ4v) is 1.05. The molecule has 0 fully saturated rings. The van der Waals surface area contributed by atoms with Gasteiger partial charge in [0.15, 0.2) is 5.82 Å². The fourth-order valence-electron chi connectivity index (χ4n) is 1.05. The lowest BCUT2D eigenvalue weighted by atomic mass is 10.2. The van der Waals surface area contributed by atoms with Gasteiger partial charge < -0.3 is 10.5 Å². The number of hydrogen-bond donors (Lipinski definition) is 2. The first-order valence-corrected chi connectivity index (χ1v) is 3.85. The van der Waals surface area contributed by atoms with E-state index in [1.165, 1.54) is 7.11 Å². The summed E-state index contributed by atoms with van der Waals surface area (Å²) >= 11 is 0. The molecule has 7 heteroatoms. The molecule has 0 bridgehead atoms. The molecule has 0 atom stereocenters. The van der Waals surface area contributed by atoms with Crippen LogP contribution in [0.4, 0.5) is 5.82 Å². The Balaban J connectivity index is 2.48. The van der Waals surface area contributed by atoms with E-state index in [-0.39, 0.29) is 0 Å². The second-order valence-corrected chi connectivity index (χ2v) is 2.57. The molecule has 2 aromatic heterocycles. The highest BCUT2D eigenvalue weighted by Gasteiger charge is 2.05. The zero-order valence-electron chi connectivity index (χ0n) is 7.43. The van der Waals surface area contributed by atoms with Gasteiger partial charge in [0.05, 0.1) is 7.11 Å². The van der Waals surface area contributed by atoms with Crippen LogP contribution in [0.3, 0.4) is 0 Å². The van der Waals surface area contributed by atoms with Crippen LogP contribution in [-0.2, 0) is 0 Å². The van der Waals surface area contributed by atoms with Crippen LogP contribution in [-0.4, -0.2) is 32.7 Å². The smallest absolute Gasteiger partial charge is 0.215 e. The Kier molecular flexibility index (Phi) is 1.98. The lowest BCUT2D eigenvalue weighted by molar-refractivity contribution is 0.399. The van der Waals surface area contributed by atoms with Crippen molar-refractivity contribution in [2.75, 3.05) is 12.8 Å². The van der Waals surface area contributed by atoms with Gasteiger partial charge in [0, 0.05) is 11.6 Å². The highest BCUT2D eigenvalue weighted by atomic mass is 16.5. The molecule has 3 N–H and O–H groups in total. The van der Waals surface area contributed by atoms with Crippen LogP contribution in [0.1, 0.15) is 0 Å². The topological polar surface area (TPSA) is 103 Å². The van der Waals surface area contributed by atoms with Crippen LogP contribution in [0.2, 0.25) is 0 Å². The summed E-state index contributed by atoms with van der Waals surface area (Å²) in [6.45, 7) is 0. The van der Waals surface area contributed by atoms with E-state index in [1.54, 1.807) is 12.1 Å². The number of nitrogen functional groups attached to an aromatic ring is 1. The molecule has 0 spiro atoms. The van der Waals surface area contributed by atoms with Crippen molar-refractivity contribution in [3.05, 3.63) is 12.1 Å². The summed E-state index contributed by atoms with van der Waals surface area (Å²) < 4.78 is 4.96. The minimum atomic E-state index is 0.357. The van der Waals surface area contributed by atoms with Gasteiger partial charge in [-0.3, -0.25) is 0 Å². The molecule has 0 aliphatic carbocycles. The summed E-state index contributed by atoms with van der Waals surface area (Å²) in [5.74, 6) is 1.31. The maximum atomic E-state index is 5.57. The Labute approximate surface area is 79.3 Å². The molecule has 0 saturated carbocycles. The number of methoxy groups -OCH3 is 1. The molecule has 0 amide bonds. The minimum Gasteiger partial charge on any atom is -0.481 e. The molecule has 72 valence electrons. The zero-order chi connectivity index (χ0) is 9.97. The van der Waals surface area contributed by atoms with E-state index >= 15 is 0 Å². The molecular formula is C7H8N6O. The number of ether oxygens (including phenoxy) is 1. The van der Waals surface area contributed by atoms with Crippen LogP contribution in [0, 0.1) is 0 Å². The van der Waals surface area contributed by atoms with E-state index in [9.17, 15) is 0 Å². The number of anilines is 1. The van der Waals surface area contributed by atoms with Crippen molar-refractivity contribution in [2.45, 2.75) is 0 Å². The quantitative estimate of drug-likeness (QED) is 0.686. The van der Waals surface area contributed by atoms with Gasteiger partial charge >= 0.3 is 0 Å². The number of aromatic amines is 1. The fraction of sp³-hybridized carbons (Fsp3) is 0.143. The molecule has 0 saturated heterocycles. The van der Waals surface area contributed by atoms with E-state index in [0.29, 0.717) is 17.5 Å². The molecule has 0 unspecified atom stereocenters. The summed E-state index contributed by atoms with van der Waals surface area (Å²) in [6.07, 6.45) is 0. The minimum absolute atomic E-state index is 0.357. The Morgan fingerprint density at radius 1 is 1.43 bits per heavy atom. The third-order valence-corrected chi connectivity index (χ3v) is 1.65. The van der Waals surface area contributed by atoms with E-state index in [1.807, 2.05) is 0 Å². The SMILES string of the molecule is COc1cc(-c2nnn[nH]2)cc(N)n1. The van der Waals surface area contributed by atoms with Crippen LogP contribution in [0.25, 0.3) is 11.4 Å². The van der Waals surface area contributed by atoms with Crippen LogP contribution in [0.15, 0.2) is 12.1 Å². The number of hydrogen-bond acceptors (Lipinski definition) is 6. The second kappa shape index (κ2) is 3.29. The van der Waals surface area contributed by atoms with Gasteiger partial charge in [-0.2, -0.15) is 4.98 Å². The highest BCUT2D eigenvalue weighted by molar-refractivity contribution is 5.59. The summed E-state index contributed by atoms with van der Waals surface area (Å²) in [5.41, 5.74) is 6.30. The standard InChI is InChI=1S/C7H8N6O/c1-14-6-3-4(2-5(8)9-6)7-10-12-13-11-7/h2-3H,1H3,(H2,8,9)(H,10,11,12,13). The number of nitrogens with zero attached hydrogens (tertiary/aromatic N) is 4. The summed E-state index contributed by atoms with van der Waals surface area (Å²) in [4.78, 5) is 3.94. The van der Waals surface area contributed by atoms with Crippen molar-refractivity contribution in [1.82, 2.24) is 25.6 Å². The normalized spacial score (nSPS) is 10.1. The lowest BCUT2D eigenvalue weighted by Crippen LogP contribution is -1.95. The Morgan fingerprint density at radius 3 is 2.93 bits per heavy atom. The average Bonchev–Trinajstić information content (AvgIpc) is 2.69. The van der Waals surface area contributed by atoms with Crippen molar-refractivity contribution >= 4 is 5.82 Å². The van der Waals surface area contributed by atoms with Crippen molar-refractivity contribution < 1.29 is 4.74 Å². The van der Waals surface area contributed by atoms with Crippen molar-refractivity contribution in [3.63, 3.8) is 0 Å². The van der Waals surface area contributed by atoms with E-state index in [0.717, 1.165) is 5.56 Å². The number of nitrogens with one attached hydrogen (secondary N) is 1. The Morgan fingerprint density at radius 2 is 2.29 bits per heavy atom. The zero-order valence-corrected chi connectivity index (χ0v) is 7.43. The van der Waals surface area contributed by atoms with Gasteiger partial charge in [-0.25, -0.2) is 5.10 Å². The van der Waals surface area contributed by atoms with Gasteiger partial charge in [0.2, 0.25) is 5.88 Å². The molecule has 2 aromatic rings.